The van der Waals surface area contributed by atoms with Crippen molar-refractivity contribution in [2.75, 3.05) is 31.1 Å². The highest BCUT2D eigenvalue weighted by atomic mass is 16.2. The molecular formula is C22H25N5O. The molecule has 2 aromatic heterocycles. The summed E-state index contributed by atoms with van der Waals surface area (Å²) in [6.45, 7) is 5.43. The molecule has 1 amide bonds. The minimum Gasteiger partial charge on any atom is -0.354 e. The van der Waals surface area contributed by atoms with Crippen LogP contribution in [0.1, 0.15) is 24.0 Å². The van der Waals surface area contributed by atoms with Crippen molar-refractivity contribution in [3.8, 4) is 0 Å². The number of carbonyl (C=O) groups is 1. The fraction of sp³-hybridized carbons (Fsp3) is 0.409. The minimum atomic E-state index is 0.215. The zero-order valence-electron chi connectivity index (χ0n) is 16.2. The summed E-state index contributed by atoms with van der Waals surface area (Å²) < 4.78 is 0. The molecule has 0 atom stereocenters. The molecule has 2 fully saturated rings. The molecule has 1 N–H and O–H groups in total. The Bertz CT molecular complexity index is 1020. The van der Waals surface area contributed by atoms with Crippen LogP contribution in [0.3, 0.4) is 0 Å². The van der Waals surface area contributed by atoms with Crippen molar-refractivity contribution in [1.29, 1.82) is 0 Å². The summed E-state index contributed by atoms with van der Waals surface area (Å²) in [6, 6.07) is 10.3. The van der Waals surface area contributed by atoms with Crippen LogP contribution < -0.4 is 4.90 Å². The van der Waals surface area contributed by atoms with Gasteiger partial charge in [-0.05, 0) is 31.4 Å². The Kier molecular flexibility index (Phi) is 4.07. The summed E-state index contributed by atoms with van der Waals surface area (Å²) >= 11 is 0. The molecule has 5 rings (SSSR count). The molecule has 1 aliphatic heterocycles. The van der Waals surface area contributed by atoms with Gasteiger partial charge in [0.25, 0.3) is 0 Å². The van der Waals surface area contributed by atoms with E-state index in [0.29, 0.717) is 6.42 Å². The van der Waals surface area contributed by atoms with Gasteiger partial charge in [0.2, 0.25) is 5.91 Å². The third-order valence-electron chi connectivity index (χ3n) is 6.07. The van der Waals surface area contributed by atoms with Crippen molar-refractivity contribution in [3.63, 3.8) is 0 Å². The molecule has 0 radical (unpaired) electrons. The van der Waals surface area contributed by atoms with Gasteiger partial charge in [0.1, 0.15) is 17.8 Å². The Morgan fingerprint density at radius 3 is 2.89 bits per heavy atom. The minimum absolute atomic E-state index is 0.215. The summed E-state index contributed by atoms with van der Waals surface area (Å²) in [4.78, 5) is 29.5. The SMILES string of the molecule is Cc1cccc(CC(=O)N2CCN(c3ncnc4[nH]ccc34)CC3(CC3)C2)c1. The molecule has 2 aliphatic rings. The number of hydrogen-bond acceptors (Lipinski definition) is 4. The number of aromatic nitrogens is 3. The topological polar surface area (TPSA) is 65.1 Å². The van der Waals surface area contributed by atoms with Crippen molar-refractivity contribution in [2.45, 2.75) is 26.2 Å². The van der Waals surface area contributed by atoms with E-state index in [1.807, 2.05) is 24.4 Å². The van der Waals surface area contributed by atoms with Crippen molar-refractivity contribution >= 4 is 22.8 Å². The highest BCUT2D eigenvalue weighted by Crippen LogP contribution is 2.48. The second kappa shape index (κ2) is 6.62. The Morgan fingerprint density at radius 1 is 1.18 bits per heavy atom. The molecular weight excluding hydrogens is 350 g/mol. The van der Waals surface area contributed by atoms with E-state index < -0.39 is 0 Å². The first-order valence-corrected chi connectivity index (χ1v) is 9.98. The Labute approximate surface area is 164 Å². The average molecular weight is 375 g/mol. The van der Waals surface area contributed by atoms with Gasteiger partial charge in [-0.3, -0.25) is 4.79 Å². The lowest BCUT2D eigenvalue weighted by Gasteiger charge is -2.25. The highest BCUT2D eigenvalue weighted by Gasteiger charge is 2.47. The maximum Gasteiger partial charge on any atom is 0.227 e. The van der Waals surface area contributed by atoms with E-state index in [0.717, 1.165) is 48.6 Å². The van der Waals surface area contributed by atoms with Crippen LogP contribution in [0.5, 0.6) is 0 Å². The van der Waals surface area contributed by atoms with Gasteiger partial charge in [0, 0.05) is 37.8 Å². The van der Waals surface area contributed by atoms with E-state index in [1.54, 1.807) is 6.33 Å². The van der Waals surface area contributed by atoms with Crippen LogP contribution >= 0.6 is 0 Å². The predicted molar refractivity (Wildman–Crippen MR) is 109 cm³/mol. The number of hydrogen-bond donors (Lipinski definition) is 1. The summed E-state index contributed by atoms with van der Waals surface area (Å²) in [5, 5.41) is 1.05. The van der Waals surface area contributed by atoms with E-state index >= 15 is 0 Å². The maximum atomic E-state index is 13.0. The lowest BCUT2D eigenvalue weighted by atomic mass is 10.1. The standard InChI is InChI=1S/C22H25N5O/c1-16-3-2-4-17(11-16)12-19(28)26-9-10-27(14-22(13-26)6-7-22)21-18-5-8-23-20(18)24-15-25-21/h2-5,8,11,15H,6-7,9-10,12-14H2,1H3,(H,23,24,25). The van der Waals surface area contributed by atoms with Gasteiger partial charge in [-0.2, -0.15) is 0 Å². The van der Waals surface area contributed by atoms with E-state index in [9.17, 15) is 4.79 Å². The molecule has 1 saturated carbocycles. The Morgan fingerprint density at radius 2 is 2.07 bits per heavy atom. The normalized spacial score (nSPS) is 18.5. The molecule has 144 valence electrons. The largest absolute Gasteiger partial charge is 0.354 e. The van der Waals surface area contributed by atoms with E-state index in [2.05, 4.69) is 43.8 Å². The molecule has 1 aliphatic carbocycles. The molecule has 3 aromatic rings. The van der Waals surface area contributed by atoms with Gasteiger partial charge >= 0.3 is 0 Å². The number of aromatic amines is 1. The van der Waals surface area contributed by atoms with Gasteiger partial charge in [0.15, 0.2) is 0 Å². The number of rotatable bonds is 3. The molecule has 3 heterocycles. The van der Waals surface area contributed by atoms with Crippen LogP contribution in [-0.4, -0.2) is 51.9 Å². The van der Waals surface area contributed by atoms with Crippen LogP contribution in [-0.2, 0) is 11.2 Å². The van der Waals surface area contributed by atoms with Crippen LogP contribution in [0.25, 0.3) is 11.0 Å². The number of nitrogens with one attached hydrogen (secondary N) is 1. The highest BCUT2D eigenvalue weighted by molar-refractivity contribution is 5.87. The number of fused-ring (bicyclic) bond motifs is 1. The average Bonchev–Trinajstić information content (AvgIpc) is 3.32. The first-order valence-electron chi connectivity index (χ1n) is 9.98. The smallest absolute Gasteiger partial charge is 0.227 e. The summed E-state index contributed by atoms with van der Waals surface area (Å²) in [5.74, 6) is 1.21. The fourth-order valence-electron chi connectivity index (χ4n) is 4.37. The van der Waals surface area contributed by atoms with E-state index in [4.69, 9.17) is 0 Å². The number of nitrogens with zero attached hydrogens (tertiary/aromatic N) is 4. The zero-order chi connectivity index (χ0) is 19.1. The molecule has 1 saturated heterocycles. The fourth-order valence-corrected chi connectivity index (χ4v) is 4.37. The number of anilines is 1. The van der Waals surface area contributed by atoms with Crippen LogP contribution in [0.15, 0.2) is 42.9 Å². The van der Waals surface area contributed by atoms with Crippen LogP contribution in [0, 0.1) is 12.3 Å². The molecule has 1 spiro atoms. The summed E-state index contributed by atoms with van der Waals surface area (Å²) in [6.07, 6.45) is 6.37. The van der Waals surface area contributed by atoms with Gasteiger partial charge in [0.05, 0.1) is 11.8 Å². The maximum absolute atomic E-state index is 13.0. The number of carbonyl (C=O) groups excluding carboxylic acids is 1. The van der Waals surface area contributed by atoms with E-state index in [-0.39, 0.29) is 11.3 Å². The second-order valence-electron chi connectivity index (χ2n) is 8.34. The predicted octanol–water partition coefficient (Wildman–Crippen LogP) is 2.94. The van der Waals surface area contributed by atoms with Crippen molar-refractivity contribution < 1.29 is 4.79 Å². The third-order valence-corrected chi connectivity index (χ3v) is 6.07. The Hall–Kier alpha value is -2.89. The van der Waals surface area contributed by atoms with Crippen molar-refractivity contribution in [3.05, 3.63) is 54.0 Å². The first-order chi connectivity index (χ1) is 13.6. The number of amides is 1. The molecule has 0 unspecified atom stereocenters. The molecule has 6 heteroatoms. The van der Waals surface area contributed by atoms with Crippen molar-refractivity contribution in [2.24, 2.45) is 5.41 Å². The lowest BCUT2D eigenvalue weighted by molar-refractivity contribution is -0.130. The number of H-pyrrole nitrogens is 1. The van der Waals surface area contributed by atoms with E-state index in [1.165, 1.54) is 18.4 Å². The van der Waals surface area contributed by atoms with Gasteiger partial charge in [-0.1, -0.05) is 29.8 Å². The third kappa shape index (κ3) is 3.23. The molecule has 28 heavy (non-hydrogen) atoms. The first kappa shape index (κ1) is 17.2. The number of benzene rings is 1. The molecule has 0 bridgehead atoms. The molecule has 1 aromatic carbocycles. The molecule has 6 nitrogen and oxygen atoms in total. The van der Waals surface area contributed by atoms with Gasteiger partial charge < -0.3 is 14.8 Å². The van der Waals surface area contributed by atoms with Crippen LogP contribution in [0.2, 0.25) is 0 Å². The monoisotopic (exact) mass is 375 g/mol. The summed E-state index contributed by atoms with van der Waals surface area (Å²) in [5.41, 5.74) is 3.38. The van der Waals surface area contributed by atoms with Crippen molar-refractivity contribution in [1.82, 2.24) is 19.9 Å². The van der Waals surface area contributed by atoms with Gasteiger partial charge in [-0.25, -0.2) is 9.97 Å². The Balaban J connectivity index is 1.36. The zero-order valence-corrected chi connectivity index (χ0v) is 16.2. The van der Waals surface area contributed by atoms with Crippen LogP contribution in [0.4, 0.5) is 5.82 Å². The number of aryl methyl sites for hydroxylation is 1. The summed E-state index contributed by atoms with van der Waals surface area (Å²) in [7, 11) is 0. The lowest BCUT2D eigenvalue weighted by Crippen LogP contribution is -2.37. The quantitative estimate of drug-likeness (QED) is 0.764. The van der Waals surface area contributed by atoms with Gasteiger partial charge in [-0.15, -0.1) is 0 Å². The second-order valence-corrected chi connectivity index (χ2v) is 8.34.